The molecule has 0 spiro atoms. The van der Waals surface area contributed by atoms with E-state index in [1.165, 1.54) is 0 Å². The third kappa shape index (κ3) is 7.38. The Morgan fingerprint density at radius 1 is 1.03 bits per heavy atom. The van der Waals surface area contributed by atoms with Crippen LogP contribution in [-0.2, 0) is 20.7 Å². The van der Waals surface area contributed by atoms with Crippen molar-refractivity contribution >= 4 is 17.6 Å². The van der Waals surface area contributed by atoms with E-state index in [1.54, 1.807) is 4.90 Å². The van der Waals surface area contributed by atoms with Gasteiger partial charge in [0.1, 0.15) is 11.2 Å². The lowest BCUT2D eigenvalue weighted by molar-refractivity contribution is -0.162. The molecule has 9 heteroatoms. The summed E-state index contributed by atoms with van der Waals surface area (Å²) in [7, 11) is 0. The molecule has 0 unspecified atom stereocenters. The number of hydrogen-bond acceptors (Lipinski definition) is 7. The fourth-order valence-corrected chi connectivity index (χ4v) is 4.31. The van der Waals surface area contributed by atoms with Crippen molar-refractivity contribution in [2.45, 2.75) is 78.9 Å². The number of amides is 1. The van der Waals surface area contributed by atoms with E-state index in [9.17, 15) is 9.59 Å². The van der Waals surface area contributed by atoms with Gasteiger partial charge in [0.2, 0.25) is 0 Å². The van der Waals surface area contributed by atoms with Crippen molar-refractivity contribution in [1.82, 2.24) is 25.5 Å². The summed E-state index contributed by atoms with van der Waals surface area (Å²) in [6.45, 7) is 16.2. The van der Waals surface area contributed by atoms with Gasteiger partial charge < -0.3 is 14.4 Å². The third-order valence-corrected chi connectivity index (χ3v) is 5.88. The van der Waals surface area contributed by atoms with Crippen LogP contribution in [-0.4, -0.2) is 61.9 Å². The molecular weight excluding hydrogens is 458 g/mol. The molecule has 0 fully saturated rings. The standard InChI is InChI=1S/C27H39N5O4/c1-17(2)22(24(33)35-26(3,4)5)21(23-28-30-31-29-23)15-18-9-11-19(12-10-18)20-13-14-32(16-20)25(34)36-27(6,7)8/h9-13,17,21-22H,14-16H2,1-8H3,(H,28,29,30,31)/t21-,22-/m0/s1. The van der Waals surface area contributed by atoms with E-state index in [4.69, 9.17) is 9.47 Å². The van der Waals surface area contributed by atoms with E-state index in [1.807, 2.05) is 79.7 Å². The van der Waals surface area contributed by atoms with Crippen molar-refractivity contribution in [3.05, 3.63) is 47.3 Å². The molecule has 1 aliphatic heterocycles. The predicted molar refractivity (Wildman–Crippen MR) is 137 cm³/mol. The molecule has 2 atom stereocenters. The number of hydrogen-bond donors (Lipinski definition) is 1. The largest absolute Gasteiger partial charge is 0.460 e. The van der Waals surface area contributed by atoms with Crippen LogP contribution < -0.4 is 0 Å². The van der Waals surface area contributed by atoms with Gasteiger partial charge >= 0.3 is 12.1 Å². The Labute approximate surface area is 213 Å². The summed E-state index contributed by atoms with van der Waals surface area (Å²) in [4.78, 5) is 27.3. The average Bonchev–Trinajstić information content (AvgIpc) is 3.43. The fourth-order valence-electron chi connectivity index (χ4n) is 4.31. The molecule has 1 N–H and O–H groups in total. The Morgan fingerprint density at radius 2 is 1.67 bits per heavy atom. The summed E-state index contributed by atoms with van der Waals surface area (Å²) in [6, 6.07) is 8.19. The van der Waals surface area contributed by atoms with Crippen molar-refractivity contribution in [2.24, 2.45) is 11.8 Å². The van der Waals surface area contributed by atoms with E-state index >= 15 is 0 Å². The molecule has 1 aliphatic rings. The lowest BCUT2D eigenvalue weighted by atomic mass is 9.79. The van der Waals surface area contributed by atoms with Crippen molar-refractivity contribution < 1.29 is 19.1 Å². The Kier molecular flexibility index (Phi) is 8.21. The van der Waals surface area contributed by atoms with Gasteiger partial charge in [0.05, 0.1) is 5.92 Å². The summed E-state index contributed by atoms with van der Waals surface area (Å²) in [5, 5.41) is 14.7. The normalized spacial score (nSPS) is 16.0. The SMILES string of the molecule is CC(C)[C@H](C(=O)OC(C)(C)C)[C@H](Cc1ccc(C2=CCN(C(=O)OC(C)(C)C)C2)cc1)c1nn[nH]n1. The van der Waals surface area contributed by atoms with E-state index in [0.717, 1.165) is 16.7 Å². The Morgan fingerprint density at radius 3 is 2.19 bits per heavy atom. The molecule has 0 bridgehead atoms. The molecule has 1 aromatic carbocycles. The van der Waals surface area contributed by atoms with E-state index in [2.05, 4.69) is 26.7 Å². The molecule has 2 heterocycles. The zero-order chi connectivity index (χ0) is 26.7. The quantitative estimate of drug-likeness (QED) is 0.548. The summed E-state index contributed by atoms with van der Waals surface area (Å²) in [5.41, 5.74) is 2.06. The number of aromatic amines is 1. The Balaban J connectivity index is 1.75. The van der Waals surface area contributed by atoms with Crippen molar-refractivity contribution in [3.63, 3.8) is 0 Å². The van der Waals surface area contributed by atoms with E-state index in [-0.39, 0.29) is 23.9 Å². The van der Waals surface area contributed by atoms with E-state index in [0.29, 0.717) is 25.3 Å². The monoisotopic (exact) mass is 497 g/mol. The minimum absolute atomic E-state index is 0.0186. The molecule has 0 saturated heterocycles. The first-order valence-corrected chi connectivity index (χ1v) is 12.5. The predicted octanol–water partition coefficient (Wildman–Crippen LogP) is 4.77. The number of carbonyl (C=O) groups excluding carboxylic acids is 2. The van der Waals surface area contributed by atoms with Gasteiger partial charge in [0, 0.05) is 19.0 Å². The average molecular weight is 498 g/mol. The molecule has 2 aromatic rings. The van der Waals surface area contributed by atoms with Gasteiger partial charge in [0.15, 0.2) is 5.82 Å². The zero-order valence-electron chi connectivity index (χ0n) is 22.7. The number of rotatable bonds is 7. The molecule has 1 aromatic heterocycles. The van der Waals surface area contributed by atoms with Crippen LogP contribution in [0.25, 0.3) is 5.57 Å². The van der Waals surface area contributed by atoms with Crippen LogP contribution in [0.1, 0.15) is 78.3 Å². The first-order valence-electron chi connectivity index (χ1n) is 12.5. The zero-order valence-corrected chi connectivity index (χ0v) is 22.7. The molecule has 36 heavy (non-hydrogen) atoms. The second-order valence-corrected chi connectivity index (χ2v) is 11.7. The second kappa shape index (κ2) is 10.8. The van der Waals surface area contributed by atoms with Crippen LogP contribution >= 0.6 is 0 Å². The number of benzene rings is 1. The molecule has 0 aliphatic carbocycles. The second-order valence-electron chi connectivity index (χ2n) is 11.7. The number of esters is 1. The van der Waals surface area contributed by atoms with Crippen LogP contribution in [0.5, 0.6) is 0 Å². The van der Waals surface area contributed by atoms with Gasteiger partial charge in [0.25, 0.3) is 0 Å². The van der Waals surface area contributed by atoms with Gasteiger partial charge in [-0.05, 0) is 70.6 Å². The van der Waals surface area contributed by atoms with Gasteiger partial charge in [-0.25, -0.2) is 4.79 Å². The van der Waals surface area contributed by atoms with Crippen LogP contribution in [0.15, 0.2) is 30.3 Å². The number of nitrogens with zero attached hydrogens (tertiary/aromatic N) is 4. The lowest BCUT2D eigenvalue weighted by Crippen LogP contribution is -2.35. The molecule has 0 saturated carbocycles. The summed E-state index contributed by atoms with van der Waals surface area (Å²) >= 11 is 0. The summed E-state index contributed by atoms with van der Waals surface area (Å²) in [6.07, 6.45) is 2.30. The van der Waals surface area contributed by atoms with Crippen LogP contribution in [0, 0.1) is 11.8 Å². The maximum Gasteiger partial charge on any atom is 0.410 e. The van der Waals surface area contributed by atoms with Crippen LogP contribution in [0.2, 0.25) is 0 Å². The number of nitrogens with one attached hydrogen (secondary N) is 1. The first kappa shape index (κ1) is 27.4. The Bertz CT molecular complexity index is 1060. The number of carbonyl (C=O) groups is 2. The first-order chi connectivity index (χ1) is 16.7. The van der Waals surface area contributed by atoms with Crippen LogP contribution in [0.3, 0.4) is 0 Å². The highest BCUT2D eigenvalue weighted by atomic mass is 16.6. The van der Waals surface area contributed by atoms with E-state index < -0.39 is 17.1 Å². The molecule has 3 rings (SSSR count). The van der Waals surface area contributed by atoms with Gasteiger partial charge in [-0.1, -0.05) is 49.4 Å². The number of H-pyrrole nitrogens is 1. The van der Waals surface area contributed by atoms with Gasteiger partial charge in [-0.3, -0.25) is 4.79 Å². The number of tetrazole rings is 1. The number of ether oxygens (including phenoxy) is 2. The highest BCUT2D eigenvalue weighted by Crippen LogP contribution is 2.34. The third-order valence-electron chi connectivity index (χ3n) is 5.88. The highest BCUT2D eigenvalue weighted by molar-refractivity contribution is 5.77. The Hall–Kier alpha value is -3.23. The lowest BCUT2D eigenvalue weighted by Gasteiger charge is -2.30. The molecule has 0 radical (unpaired) electrons. The highest BCUT2D eigenvalue weighted by Gasteiger charge is 2.38. The van der Waals surface area contributed by atoms with Crippen molar-refractivity contribution in [2.75, 3.05) is 13.1 Å². The maximum absolute atomic E-state index is 13.2. The molecule has 9 nitrogen and oxygen atoms in total. The maximum atomic E-state index is 13.2. The fraction of sp³-hybridized carbons (Fsp3) is 0.593. The minimum atomic E-state index is -0.587. The van der Waals surface area contributed by atoms with Crippen molar-refractivity contribution in [1.29, 1.82) is 0 Å². The topological polar surface area (TPSA) is 110 Å². The minimum Gasteiger partial charge on any atom is -0.460 e. The van der Waals surface area contributed by atoms with Gasteiger partial charge in [-0.2, -0.15) is 5.21 Å². The summed E-state index contributed by atoms with van der Waals surface area (Å²) < 4.78 is 11.2. The van der Waals surface area contributed by atoms with Gasteiger partial charge in [-0.15, -0.1) is 10.2 Å². The molecule has 1 amide bonds. The van der Waals surface area contributed by atoms with Crippen LogP contribution in [0.4, 0.5) is 4.79 Å². The number of aromatic nitrogens is 4. The molecular formula is C27H39N5O4. The molecule has 196 valence electrons. The summed E-state index contributed by atoms with van der Waals surface area (Å²) in [5.74, 6) is -0.471. The smallest absolute Gasteiger partial charge is 0.410 e. The van der Waals surface area contributed by atoms with Crippen molar-refractivity contribution in [3.8, 4) is 0 Å².